The Kier molecular flexibility index (Phi) is 3.88. The molecule has 8 heteroatoms. The lowest BCUT2D eigenvalue weighted by molar-refractivity contribution is -0.124. The Hall–Kier alpha value is -1.31. The van der Waals surface area contributed by atoms with Gasteiger partial charge >= 0.3 is 10.2 Å². The van der Waals surface area contributed by atoms with Crippen molar-refractivity contribution in [2.24, 2.45) is 5.73 Å². The van der Waals surface area contributed by atoms with Crippen molar-refractivity contribution in [2.75, 3.05) is 0 Å². The molecule has 0 saturated heterocycles. The highest BCUT2D eigenvalue weighted by molar-refractivity contribution is 8.45. The number of primary amides is 1. The van der Waals surface area contributed by atoms with Crippen molar-refractivity contribution in [2.45, 2.75) is 43.4 Å². The maximum absolute atomic E-state index is 12.7. The molecule has 0 bridgehead atoms. The molecule has 0 aliphatic carbocycles. The highest BCUT2D eigenvalue weighted by Crippen LogP contribution is 3.02. The van der Waals surface area contributed by atoms with Crippen LogP contribution in [0.3, 0.4) is 0 Å². The van der Waals surface area contributed by atoms with Crippen LogP contribution in [0.4, 0.5) is 19.4 Å². The SMILES string of the molecule is CCCC(CC)(C(N)=O)c1ccc(S(F)(F)(F)(F)F)cc1. The summed E-state index contributed by atoms with van der Waals surface area (Å²) >= 11 is 0. The molecule has 1 aromatic rings. The molecular formula is C13H18F5NOS. The van der Waals surface area contributed by atoms with Crippen molar-refractivity contribution >= 4 is 16.1 Å². The molecule has 21 heavy (non-hydrogen) atoms. The van der Waals surface area contributed by atoms with Gasteiger partial charge in [0.15, 0.2) is 0 Å². The second kappa shape index (κ2) is 4.59. The van der Waals surface area contributed by atoms with Gasteiger partial charge in [-0.3, -0.25) is 4.79 Å². The molecule has 1 aromatic carbocycles. The maximum atomic E-state index is 12.7. The average Bonchev–Trinajstić information content (AvgIpc) is 2.33. The standard InChI is InChI=1S/C13H18F5NOS/c1-3-9-13(4-2,12(19)20)10-5-7-11(8-6-10)21(14,15,16,17)18/h5-8H,3-4,9H2,1-2H3,(H2,19,20). The van der Waals surface area contributed by atoms with E-state index in [1.165, 1.54) is 0 Å². The quantitative estimate of drug-likeness (QED) is 0.708. The first-order valence-corrected chi connectivity index (χ1v) is 8.36. The van der Waals surface area contributed by atoms with E-state index in [1.807, 2.05) is 0 Å². The summed E-state index contributed by atoms with van der Waals surface area (Å²) in [5, 5.41) is 0. The van der Waals surface area contributed by atoms with Gasteiger partial charge in [-0.05, 0) is 30.5 Å². The molecule has 0 aromatic heterocycles. The number of carbonyl (C=O) groups is 1. The molecule has 0 radical (unpaired) electrons. The third kappa shape index (κ3) is 3.66. The van der Waals surface area contributed by atoms with Crippen LogP contribution in [0, 0.1) is 0 Å². The Balaban J connectivity index is 3.38. The molecule has 0 aliphatic heterocycles. The molecule has 0 spiro atoms. The fourth-order valence-electron chi connectivity index (χ4n) is 2.42. The first-order valence-electron chi connectivity index (χ1n) is 6.41. The maximum Gasteiger partial charge on any atom is 0.310 e. The first-order chi connectivity index (χ1) is 9.26. The Bertz CT molecular complexity index is 540. The molecule has 0 aliphatic rings. The van der Waals surface area contributed by atoms with Gasteiger partial charge in [0, 0.05) is 0 Å². The summed E-state index contributed by atoms with van der Waals surface area (Å²) in [6.07, 6.45) is 1.21. The van der Waals surface area contributed by atoms with Crippen LogP contribution in [0.1, 0.15) is 38.7 Å². The van der Waals surface area contributed by atoms with Crippen LogP contribution in [-0.2, 0) is 10.2 Å². The number of hydrogen-bond acceptors (Lipinski definition) is 1. The summed E-state index contributed by atoms with van der Waals surface area (Å²) in [5.41, 5.74) is 4.47. The van der Waals surface area contributed by atoms with Gasteiger partial charge in [-0.1, -0.05) is 51.8 Å². The molecule has 1 unspecified atom stereocenters. The van der Waals surface area contributed by atoms with Gasteiger partial charge in [-0.25, -0.2) is 0 Å². The minimum absolute atomic E-state index is 0.227. The first kappa shape index (κ1) is 17.7. The zero-order valence-corrected chi connectivity index (χ0v) is 12.5. The molecule has 1 rings (SSSR count). The summed E-state index contributed by atoms with van der Waals surface area (Å²) in [6, 6.07) is 2.47. The van der Waals surface area contributed by atoms with Gasteiger partial charge in [0.05, 0.1) is 5.41 Å². The number of benzene rings is 1. The zero-order valence-electron chi connectivity index (χ0n) is 11.7. The Labute approximate surface area is 120 Å². The predicted molar refractivity (Wildman–Crippen MR) is 73.9 cm³/mol. The molecular weight excluding hydrogens is 313 g/mol. The Morgan fingerprint density at radius 1 is 1.10 bits per heavy atom. The molecule has 0 saturated carbocycles. The summed E-state index contributed by atoms with van der Waals surface area (Å²) < 4.78 is 63.4. The number of carbonyl (C=O) groups excluding carboxylic acids is 1. The lowest BCUT2D eigenvalue weighted by Crippen LogP contribution is -2.40. The third-order valence-corrected chi connectivity index (χ3v) is 4.77. The van der Waals surface area contributed by atoms with Crippen molar-refractivity contribution < 1.29 is 24.2 Å². The molecule has 1 atom stereocenters. The van der Waals surface area contributed by atoms with Crippen LogP contribution in [0.5, 0.6) is 0 Å². The molecule has 2 N–H and O–H groups in total. The normalized spacial score (nSPS) is 18.4. The topological polar surface area (TPSA) is 43.1 Å². The van der Waals surface area contributed by atoms with Crippen LogP contribution in [0.25, 0.3) is 0 Å². The van der Waals surface area contributed by atoms with E-state index >= 15 is 0 Å². The van der Waals surface area contributed by atoms with E-state index in [9.17, 15) is 24.2 Å². The van der Waals surface area contributed by atoms with Crippen LogP contribution < -0.4 is 5.73 Å². The van der Waals surface area contributed by atoms with E-state index in [0.29, 0.717) is 25.0 Å². The van der Waals surface area contributed by atoms with Crippen molar-refractivity contribution in [3.8, 4) is 0 Å². The molecule has 2 nitrogen and oxygen atoms in total. The fraction of sp³-hybridized carbons (Fsp3) is 0.462. The summed E-state index contributed by atoms with van der Waals surface area (Å²) in [7, 11) is -9.69. The van der Waals surface area contributed by atoms with Gasteiger partial charge in [-0.2, -0.15) is 0 Å². The highest BCUT2D eigenvalue weighted by atomic mass is 32.5. The fourth-order valence-corrected chi connectivity index (χ4v) is 3.07. The van der Waals surface area contributed by atoms with Crippen LogP contribution in [0.2, 0.25) is 0 Å². The Morgan fingerprint density at radius 2 is 1.57 bits per heavy atom. The van der Waals surface area contributed by atoms with Crippen LogP contribution in [-0.4, -0.2) is 5.91 Å². The van der Waals surface area contributed by atoms with E-state index < -0.39 is 26.4 Å². The average molecular weight is 331 g/mol. The smallest absolute Gasteiger partial charge is 0.310 e. The number of halogens is 5. The highest BCUT2D eigenvalue weighted by Gasteiger charge is 2.65. The molecule has 122 valence electrons. The van der Waals surface area contributed by atoms with E-state index in [2.05, 4.69) is 0 Å². The number of nitrogens with two attached hydrogens (primary N) is 1. The largest absolute Gasteiger partial charge is 0.369 e. The van der Waals surface area contributed by atoms with E-state index in [1.54, 1.807) is 13.8 Å². The minimum Gasteiger partial charge on any atom is -0.369 e. The minimum atomic E-state index is -9.69. The van der Waals surface area contributed by atoms with E-state index in [-0.39, 0.29) is 12.0 Å². The van der Waals surface area contributed by atoms with Gasteiger partial charge in [0.1, 0.15) is 4.90 Å². The summed E-state index contributed by atoms with van der Waals surface area (Å²) in [5.74, 6) is -0.674. The molecule has 0 heterocycles. The monoisotopic (exact) mass is 331 g/mol. The number of amides is 1. The van der Waals surface area contributed by atoms with Crippen LogP contribution in [0.15, 0.2) is 29.2 Å². The lowest BCUT2D eigenvalue weighted by atomic mass is 9.74. The summed E-state index contributed by atoms with van der Waals surface area (Å²) in [4.78, 5) is 9.74. The van der Waals surface area contributed by atoms with Gasteiger partial charge in [0.25, 0.3) is 0 Å². The van der Waals surface area contributed by atoms with Crippen molar-refractivity contribution in [3.05, 3.63) is 29.8 Å². The van der Waals surface area contributed by atoms with Gasteiger partial charge < -0.3 is 5.73 Å². The number of rotatable bonds is 6. The third-order valence-electron chi connectivity index (χ3n) is 3.60. The van der Waals surface area contributed by atoms with E-state index in [4.69, 9.17) is 5.73 Å². The number of hydrogen-bond donors (Lipinski definition) is 1. The van der Waals surface area contributed by atoms with Crippen molar-refractivity contribution in [1.82, 2.24) is 0 Å². The van der Waals surface area contributed by atoms with Gasteiger partial charge in [-0.15, -0.1) is 0 Å². The Morgan fingerprint density at radius 3 is 1.86 bits per heavy atom. The second-order valence-corrected chi connectivity index (χ2v) is 7.45. The van der Waals surface area contributed by atoms with Gasteiger partial charge in [0.2, 0.25) is 5.91 Å². The van der Waals surface area contributed by atoms with E-state index in [0.717, 1.165) is 12.1 Å². The van der Waals surface area contributed by atoms with Crippen LogP contribution >= 0.6 is 10.2 Å². The second-order valence-electron chi connectivity index (χ2n) is 5.04. The van der Waals surface area contributed by atoms with Crippen molar-refractivity contribution in [1.29, 1.82) is 0 Å². The summed E-state index contributed by atoms with van der Waals surface area (Å²) in [6.45, 7) is 3.48. The molecule has 0 fully saturated rings. The zero-order chi connectivity index (χ0) is 16.6. The van der Waals surface area contributed by atoms with Crippen molar-refractivity contribution in [3.63, 3.8) is 0 Å². The molecule has 1 amide bonds. The predicted octanol–water partition coefficient (Wildman–Crippen LogP) is 5.28. The lowest BCUT2D eigenvalue weighted by Gasteiger charge is -2.41.